The molecule has 2 aliphatic rings. The van der Waals surface area contributed by atoms with Crippen molar-refractivity contribution in [1.29, 1.82) is 0 Å². The van der Waals surface area contributed by atoms with Gasteiger partial charge >= 0.3 is 12.0 Å². The molecule has 0 saturated carbocycles. The number of amides is 2. The Bertz CT molecular complexity index is 1520. The summed E-state index contributed by atoms with van der Waals surface area (Å²) in [6, 6.07) is 20.5. The highest BCUT2D eigenvalue weighted by Crippen LogP contribution is 2.45. The number of halogens is 1. The summed E-state index contributed by atoms with van der Waals surface area (Å²) >= 11 is 6.28. The number of hydrogen-bond donors (Lipinski definition) is 0. The molecule has 0 spiro atoms. The number of methoxy groups -OCH3 is 1. The molecule has 1 saturated heterocycles. The van der Waals surface area contributed by atoms with Crippen LogP contribution < -0.4 is 9.47 Å². The molecule has 0 unspecified atom stereocenters. The second-order valence-corrected chi connectivity index (χ2v) is 12.0. The van der Waals surface area contributed by atoms with Gasteiger partial charge in [-0.05, 0) is 63.1 Å². The van der Waals surface area contributed by atoms with Crippen LogP contribution in [0.3, 0.4) is 0 Å². The summed E-state index contributed by atoms with van der Waals surface area (Å²) in [6.07, 6.45) is -0.116. The lowest BCUT2D eigenvalue weighted by Crippen LogP contribution is -2.54. The zero-order valence-corrected chi connectivity index (χ0v) is 27.3. The van der Waals surface area contributed by atoms with Crippen LogP contribution in [0.15, 0.2) is 71.7 Å². The molecule has 9 nitrogen and oxygen atoms in total. The van der Waals surface area contributed by atoms with E-state index in [1.54, 1.807) is 14.0 Å². The first-order chi connectivity index (χ1) is 21.7. The number of carbonyl (C=O) groups excluding carboxylic acids is 2. The first-order valence-corrected chi connectivity index (χ1v) is 15.8. The van der Waals surface area contributed by atoms with Gasteiger partial charge in [-0.1, -0.05) is 53.6 Å². The number of ether oxygens (including phenoxy) is 3. The molecule has 10 heteroatoms. The van der Waals surface area contributed by atoms with Crippen LogP contribution in [0.2, 0.25) is 5.02 Å². The Hall–Kier alpha value is -4.08. The van der Waals surface area contributed by atoms with E-state index < -0.39 is 12.1 Å². The zero-order valence-electron chi connectivity index (χ0n) is 26.5. The zero-order chi connectivity index (χ0) is 32.1. The van der Waals surface area contributed by atoms with Gasteiger partial charge in [0, 0.05) is 37.3 Å². The highest BCUT2D eigenvalue weighted by Gasteiger charge is 2.45. The van der Waals surface area contributed by atoms with E-state index in [1.165, 1.54) is 0 Å². The lowest BCUT2D eigenvalue weighted by atomic mass is 9.93. The van der Waals surface area contributed by atoms with E-state index in [-0.39, 0.29) is 24.6 Å². The number of aryl methyl sites for hydroxylation is 1. The lowest BCUT2D eigenvalue weighted by molar-refractivity contribution is -0.144. The molecule has 0 aliphatic carbocycles. The Labute approximate surface area is 270 Å². The first kappa shape index (κ1) is 32.3. The maximum atomic E-state index is 14.7. The maximum Gasteiger partial charge on any atom is 0.326 e. The second kappa shape index (κ2) is 14.3. The highest BCUT2D eigenvalue weighted by molar-refractivity contribution is 6.30. The van der Waals surface area contributed by atoms with Crippen molar-refractivity contribution < 1.29 is 23.8 Å². The van der Waals surface area contributed by atoms with Gasteiger partial charge in [0.1, 0.15) is 23.4 Å². The molecule has 238 valence electrons. The van der Waals surface area contributed by atoms with E-state index in [2.05, 4.69) is 24.3 Å². The number of hydrogen-bond acceptors (Lipinski definition) is 7. The van der Waals surface area contributed by atoms with Gasteiger partial charge in [-0.15, -0.1) is 0 Å². The largest absolute Gasteiger partial charge is 0.497 e. The predicted molar refractivity (Wildman–Crippen MR) is 175 cm³/mol. The van der Waals surface area contributed by atoms with Crippen LogP contribution in [-0.2, 0) is 9.53 Å². The number of amidine groups is 1. The molecule has 2 aliphatic heterocycles. The monoisotopic (exact) mass is 632 g/mol. The number of carbonyl (C=O) groups is 2. The van der Waals surface area contributed by atoms with Crippen LogP contribution in [-0.4, -0.2) is 85.1 Å². The molecule has 0 aromatic heterocycles. The summed E-state index contributed by atoms with van der Waals surface area (Å²) in [5.74, 6) is 1.50. The second-order valence-electron chi connectivity index (χ2n) is 11.6. The molecule has 2 atom stereocenters. The number of esters is 1. The molecule has 45 heavy (non-hydrogen) atoms. The van der Waals surface area contributed by atoms with Crippen molar-refractivity contribution in [3.63, 3.8) is 0 Å². The fourth-order valence-corrected chi connectivity index (χ4v) is 5.89. The normalized spacial score (nSPS) is 18.6. The summed E-state index contributed by atoms with van der Waals surface area (Å²) in [4.78, 5) is 37.8. The van der Waals surface area contributed by atoms with Crippen molar-refractivity contribution in [3.05, 3.63) is 94.0 Å². The van der Waals surface area contributed by atoms with Gasteiger partial charge in [0.25, 0.3) is 0 Å². The van der Waals surface area contributed by atoms with Gasteiger partial charge in [-0.2, -0.15) is 0 Å². The third-order valence-electron chi connectivity index (χ3n) is 8.00. The number of urea groups is 1. The number of rotatable bonds is 9. The lowest BCUT2D eigenvalue weighted by Gasteiger charge is -2.38. The van der Waals surface area contributed by atoms with Crippen molar-refractivity contribution in [2.45, 2.75) is 45.9 Å². The van der Waals surface area contributed by atoms with Crippen LogP contribution in [0.1, 0.15) is 55.1 Å². The SMILES string of the molecule is CCOC(=O)CN1CCN(C(=O)N2C(c3ccc(OC)cc3OC(C)C)=N[C@@H](c3ccc(Cl)cc3)[C@H]2c2ccc(C)cc2)CC1. The molecule has 2 amide bonds. The smallest absolute Gasteiger partial charge is 0.326 e. The maximum absolute atomic E-state index is 14.7. The summed E-state index contributed by atoms with van der Waals surface area (Å²) < 4.78 is 16.9. The van der Waals surface area contributed by atoms with Crippen molar-refractivity contribution in [1.82, 2.24) is 14.7 Å². The molecule has 2 heterocycles. The summed E-state index contributed by atoms with van der Waals surface area (Å²) in [5.41, 5.74) is 3.73. The van der Waals surface area contributed by atoms with Crippen molar-refractivity contribution in [2.75, 3.05) is 46.4 Å². The van der Waals surface area contributed by atoms with Crippen LogP contribution in [0.4, 0.5) is 4.79 Å². The topological polar surface area (TPSA) is 83.9 Å². The molecule has 5 rings (SSSR count). The van der Waals surface area contributed by atoms with Gasteiger partial charge in [-0.25, -0.2) is 4.79 Å². The van der Waals surface area contributed by atoms with Gasteiger partial charge in [-0.3, -0.25) is 19.6 Å². The number of nitrogens with zero attached hydrogens (tertiary/aromatic N) is 4. The number of benzene rings is 3. The molecule has 1 fully saturated rings. The minimum absolute atomic E-state index is 0.116. The Morgan fingerprint density at radius 2 is 1.62 bits per heavy atom. The Morgan fingerprint density at radius 1 is 0.956 bits per heavy atom. The molecular weight excluding hydrogens is 592 g/mol. The van der Waals surface area contributed by atoms with E-state index in [4.69, 9.17) is 30.8 Å². The van der Waals surface area contributed by atoms with E-state index in [0.717, 1.165) is 16.7 Å². The summed E-state index contributed by atoms with van der Waals surface area (Å²) in [5, 5.41) is 0.629. The van der Waals surface area contributed by atoms with Gasteiger partial charge < -0.3 is 19.1 Å². The quantitative estimate of drug-likeness (QED) is 0.258. The van der Waals surface area contributed by atoms with E-state index >= 15 is 0 Å². The fraction of sp³-hybridized carbons (Fsp3) is 0.400. The third kappa shape index (κ3) is 7.43. The number of piperazine rings is 1. The molecule has 0 N–H and O–H groups in total. The molecule has 0 bridgehead atoms. The highest BCUT2D eigenvalue weighted by atomic mass is 35.5. The summed E-state index contributed by atoms with van der Waals surface area (Å²) in [7, 11) is 1.61. The predicted octanol–water partition coefficient (Wildman–Crippen LogP) is 6.29. The van der Waals surface area contributed by atoms with Crippen LogP contribution >= 0.6 is 11.6 Å². The van der Waals surface area contributed by atoms with Crippen molar-refractivity contribution >= 4 is 29.4 Å². The average molecular weight is 633 g/mol. The van der Waals surface area contributed by atoms with Gasteiger partial charge in [0.15, 0.2) is 0 Å². The molecule has 3 aromatic carbocycles. The van der Waals surface area contributed by atoms with Crippen LogP contribution in [0.25, 0.3) is 0 Å². The Morgan fingerprint density at radius 3 is 2.24 bits per heavy atom. The van der Waals surface area contributed by atoms with E-state index in [1.807, 2.05) is 77.9 Å². The first-order valence-electron chi connectivity index (χ1n) is 15.4. The number of aliphatic imine (C=N–C) groups is 1. The van der Waals surface area contributed by atoms with Gasteiger partial charge in [0.05, 0.1) is 38.0 Å². The minimum Gasteiger partial charge on any atom is -0.497 e. The van der Waals surface area contributed by atoms with Crippen molar-refractivity contribution in [2.24, 2.45) is 4.99 Å². The van der Waals surface area contributed by atoms with Crippen LogP contribution in [0, 0.1) is 6.92 Å². The fourth-order valence-electron chi connectivity index (χ4n) is 5.76. The van der Waals surface area contributed by atoms with Crippen molar-refractivity contribution in [3.8, 4) is 11.5 Å². The Kier molecular flexibility index (Phi) is 10.3. The van der Waals surface area contributed by atoms with Gasteiger partial charge in [0.2, 0.25) is 0 Å². The standard InChI is InChI=1S/C35H41ClN4O5/c1-6-44-31(41)22-38-17-19-39(20-18-38)35(42)40-33(26-9-7-24(4)8-10-26)32(25-11-13-27(36)14-12-25)37-34(40)29-16-15-28(43-5)21-30(29)45-23(2)3/h7-16,21,23,32-33H,6,17-20,22H2,1-5H3/t32-,33+/m0/s1. The molecule has 3 aromatic rings. The summed E-state index contributed by atoms with van der Waals surface area (Å²) in [6.45, 7) is 10.4. The van der Waals surface area contributed by atoms with E-state index in [9.17, 15) is 9.59 Å². The van der Waals surface area contributed by atoms with Crippen LogP contribution in [0.5, 0.6) is 11.5 Å². The van der Waals surface area contributed by atoms with E-state index in [0.29, 0.717) is 60.7 Å². The molecule has 0 radical (unpaired) electrons. The average Bonchev–Trinajstić information content (AvgIpc) is 3.42. The Balaban J connectivity index is 1.59. The minimum atomic E-state index is -0.430. The third-order valence-corrected chi connectivity index (χ3v) is 8.25. The molecular formula is C35H41ClN4O5.